The molecule has 1 aromatic rings. The van der Waals surface area contributed by atoms with Crippen molar-refractivity contribution >= 4 is 23.3 Å². The molecular weight excluding hydrogens is 230 g/mol. The zero-order valence-electron chi connectivity index (χ0n) is 8.58. The molecular formula is C11H10ClNO3. The van der Waals surface area contributed by atoms with Crippen LogP contribution in [0.2, 0.25) is 5.02 Å². The number of anilines is 1. The number of hydrogen-bond acceptors (Lipinski definition) is 4. The quantitative estimate of drug-likeness (QED) is 0.338. The smallest absolute Gasteiger partial charge is 0.384 e. The van der Waals surface area contributed by atoms with Crippen molar-refractivity contribution in [1.82, 2.24) is 0 Å². The van der Waals surface area contributed by atoms with Crippen LogP contribution in [0.25, 0.3) is 0 Å². The van der Waals surface area contributed by atoms with E-state index in [9.17, 15) is 9.90 Å². The molecule has 0 unspecified atom stereocenters. The third kappa shape index (κ3) is 3.07. The number of benzene rings is 1. The van der Waals surface area contributed by atoms with Crippen LogP contribution in [0, 0.1) is 11.8 Å². The van der Waals surface area contributed by atoms with Gasteiger partial charge in [0.25, 0.3) is 0 Å². The van der Waals surface area contributed by atoms with Crippen molar-refractivity contribution < 1.29 is 14.6 Å². The first-order valence-corrected chi connectivity index (χ1v) is 4.89. The Bertz CT molecular complexity index is 474. The molecule has 0 saturated heterocycles. The molecule has 0 fully saturated rings. The van der Waals surface area contributed by atoms with E-state index in [0.29, 0.717) is 5.02 Å². The number of phenolic OH excluding ortho intramolecular Hbond substituents is 1. The van der Waals surface area contributed by atoms with Gasteiger partial charge >= 0.3 is 5.97 Å². The van der Waals surface area contributed by atoms with Gasteiger partial charge in [0.1, 0.15) is 0 Å². The summed E-state index contributed by atoms with van der Waals surface area (Å²) in [6.07, 6.45) is 0. The fourth-order valence-electron chi connectivity index (χ4n) is 1.00. The average Bonchev–Trinajstić information content (AvgIpc) is 2.21. The number of ether oxygens (including phenoxy) is 1. The average molecular weight is 240 g/mol. The second-order valence-electron chi connectivity index (χ2n) is 2.86. The van der Waals surface area contributed by atoms with Gasteiger partial charge in [0.15, 0.2) is 5.75 Å². The molecule has 1 aromatic carbocycles. The predicted octanol–water partition coefficient (Wildman–Crippen LogP) is 1.54. The molecule has 5 heteroatoms. The molecule has 0 saturated carbocycles. The highest BCUT2D eigenvalue weighted by atomic mass is 35.5. The maximum absolute atomic E-state index is 11.0. The zero-order chi connectivity index (χ0) is 12.1. The minimum Gasteiger partial charge on any atom is -0.505 e. The van der Waals surface area contributed by atoms with Crippen molar-refractivity contribution in [2.24, 2.45) is 0 Å². The van der Waals surface area contributed by atoms with Crippen LogP contribution in [0.4, 0.5) is 5.69 Å². The lowest BCUT2D eigenvalue weighted by atomic mass is 10.2. The Kier molecular flexibility index (Phi) is 4.03. The number of hydrogen-bond donors (Lipinski definition) is 2. The lowest BCUT2D eigenvalue weighted by molar-refractivity contribution is -0.136. The highest BCUT2D eigenvalue weighted by molar-refractivity contribution is 6.31. The molecule has 0 aliphatic heterocycles. The number of phenols is 1. The second-order valence-corrected chi connectivity index (χ2v) is 3.30. The third-order valence-electron chi connectivity index (χ3n) is 1.68. The van der Waals surface area contributed by atoms with Gasteiger partial charge in [-0.05, 0) is 19.1 Å². The van der Waals surface area contributed by atoms with Crippen LogP contribution in [-0.2, 0) is 9.53 Å². The number of carbonyl (C=O) groups is 1. The van der Waals surface area contributed by atoms with Crippen molar-refractivity contribution in [3.05, 3.63) is 22.7 Å². The number of nitrogen functional groups attached to an aromatic ring is 1. The van der Waals surface area contributed by atoms with Crippen LogP contribution in [0.3, 0.4) is 0 Å². The molecule has 0 radical (unpaired) electrons. The van der Waals surface area contributed by atoms with E-state index in [0.717, 1.165) is 0 Å². The molecule has 0 aliphatic rings. The lowest BCUT2D eigenvalue weighted by Gasteiger charge is -2.01. The van der Waals surface area contributed by atoms with Gasteiger partial charge in [-0.1, -0.05) is 17.5 Å². The monoisotopic (exact) mass is 239 g/mol. The molecule has 1 rings (SSSR count). The highest BCUT2D eigenvalue weighted by Gasteiger charge is 2.05. The Hall–Kier alpha value is -1.86. The van der Waals surface area contributed by atoms with E-state index < -0.39 is 5.97 Å². The molecule has 0 aliphatic carbocycles. The Morgan fingerprint density at radius 1 is 1.62 bits per heavy atom. The maximum Gasteiger partial charge on any atom is 0.384 e. The largest absolute Gasteiger partial charge is 0.505 e. The van der Waals surface area contributed by atoms with Gasteiger partial charge in [0.05, 0.1) is 17.9 Å². The van der Waals surface area contributed by atoms with Gasteiger partial charge < -0.3 is 15.6 Å². The fraction of sp³-hybridized carbons (Fsp3) is 0.182. The van der Waals surface area contributed by atoms with Crippen LogP contribution in [0.1, 0.15) is 12.5 Å². The van der Waals surface area contributed by atoms with E-state index in [1.54, 1.807) is 6.92 Å². The molecule has 3 N–H and O–H groups in total. The van der Waals surface area contributed by atoms with Crippen molar-refractivity contribution in [3.8, 4) is 17.6 Å². The van der Waals surface area contributed by atoms with Crippen molar-refractivity contribution in [2.75, 3.05) is 12.3 Å². The summed E-state index contributed by atoms with van der Waals surface area (Å²) in [5, 5.41) is 9.86. The summed E-state index contributed by atoms with van der Waals surface area (Å²) >= 11 is 5.72. The Labute approximate surface area is 98.0 Å². The van der Waals surface area contributed by atoms with Crippen LogP contribution in [0.15, 0.2) is 12.1 Å². The summed E-state index contributed by atoms with van der Waals surface area (Å²) in [6, 6.07) is 2.81. The summed E-state index contributed by atoms with van der Waals surface area (Å²) < 4.78 is 4.61. The maximum atomic E-state index is 11.0. The van der Waals surface area contributed by atoms with Gasteiger partial charge in [0, 0.05) is 10.9 Å². The molecule has 0 heterocycles. The standard InChI is InChI=1S/C11H10ClNO3/c1-2-16-10(14)4-3-7-5-8(12)6-9(13)11(7)15/h5-6,15H,2,13H2,1H3. The molecule has 0 amide bonds. The van der Waals surface area contributed by atoms with Crippen LogP contribution >= 0.6 is 11.6 Å². The van der Waals surface area contributed by atoms with E-state index >= 15 is 0 Å². The van der Waals surface area contributed by atoms with E-state index in [2.05, 4.69) is 16.6 Å². The Balaban J connectivity index is 3.01. The number of halogens is 1. The summed E-state index contributed by atoms with van der Waals surface area (Å²) in [7, 11) is 0. The van der Waals surface area contributed by atoms with Gasteiger partial charge in [-0.25, -0.2) is 4.79 Å². The summed E-state index contributed by atoms with van der Waals surface area (Å²) in [5.74, 6) is 3.79. The van der Waals surface area contributed by atoms with Crippen LogP contribution in [0.5, 0.6) is 5.75 Å². The molecule has 84 valence electrons. The lowest BCUT2D eigenvalue weighted by Crippen LogP contribution is -1.99. The van der Waals surface area contributed by atoms with Gasteiger partial charge in [-0.3, -0.25) is 0 Å². The molecule has 16 heavy (non-hydrogen) atoms. The highest BCUT2D eigenvalue weighted by Crippen LogP contribution is 2.28. The van der Waals surface area contributed by atoms with Gasteiger partial charge in [0.2, 0.25) is 0 Å². The number of esters is 1. The second kappa shape index (κ2) is 5.29. The SMILES string of the molecule is CCOC(=O)C#Cc1cc(Cl)cc(N)c1O. The van der Waals surface area contributed by atoms with E-state index in [1.165, 1.54) is 12.1 Å². The molecule has 0 aromatic heterocycles. The topological polar surface area (TPSA) is 72.5 Å². The number of carbonyl (C=O) groups excluding carboxylic acids is 1. The Morgan fingerprint density at radius 2 is 2.31 bits per heavy atom. The first-order valence-electron chi connectivity index (χ1n) is 4.51. The normalized spacial score (nSPS) is 9.12. The molecule has 0 atom stereocenters. The summed E-state index contributed by atoms with van der Waals surface area (Å²) in [6.45, 7) is 1.92. The van der Waals surface area contributed by atoms with E-state index in [-0.39, 0.29) is 23.6 Å². The van der Waals surface area contributed by atoms with Crippen molar-refractivity contribution in [3.63, 3.8) is 0 Å². The predicted molar refractivity (Wildman–Crippen MR) is 61.0 cm³/mol. The molecule has 0 spiro atoms. The molecule has 4 nitrogen and oxygen atoms in total. The fourth-order valence-corrected chi connectivity index (χ4v) is 1.23. The summed E-state index contributed by atoms with van der Waals surface area (Å²) in [5.41, 5.74) is 5.77. The van der Waals surface area contributed by atoms with Gasteiger partial charge in [-0.2, -0.15) is 0 Å². The van der Waals surface area contributed by atoms with E-state index in [1.807, 2.05) is 0 Å². The van der Waals surface area contributed by atoms with E-state index in [4.69, 9.17) is 17.3 Å². The number of nitrogens with two attached hydrogens (primary N) is 1. The van der Waals surface area contributed by atoms with Crippen molar-refractivity contribution in [2.45, 2.75) is 6.92 Å². The summed E-state index contributed by atoms with van der Waals surface area (Å²) in [4.78, 5) is 11.0. The molecule has 0 bridgehead atoms. The van der Waals surface area contributed by atoms with Crippen molar-refractivity contribution in [1.29, 1.82) is 0 Å². The van der Waals surface area contributed by atoms with Crippen LogP contribution < -0.4 is 5.73 Å². The number of rotatable bonds is 1. The minimum absolute atomic E-state index is 0.112. The number of aromatic hydroxyl groups is 1. The first-order chi connectivity index (χ1) is 7.54. The Morgan fingerprint density at radius 3 is 2.94 bits per heavy atom. The first kappa shape index (κ1) is 12.2. The minimum atomic E-state index is -0.666. The van der Waals surface area contributed by atoms with Crippen LogP contribution in [-0.4, -0.2) is 17.7 Å². The zero-order valence-corrected chi connectivity index (χ0v) is 9.34. The van der Waals surface area contributed by atoms with Gasteiger partial charge in [-0.15, -0.1) is 0 Å². The third-order valence-corrected chi connectivity index (χ3v) is 1.90.